The van der Waals surface area contributed by atoms with E-state index in [-0.39, 0.29) is 25.6 Å². The Hall–Kier alpha value is -3.87. The molecule has 0 fully saturated rings. The number of aryl methyl sites for hydroxylation is 1. The zero-order valence-electron chi connectivity index (χ0n) is 21.1. The molecule has 3 N–H and O–H groups in total. The number of fused-ring (bicyclic) bond motifs is 2. The van der Waals surface area contributed by atoms with E-state index >= 15 is 0 Å². The van der Waals surface area contributed by atoms with Crippen molar-refractivity contribution < 1.29 is 14.3 Å². The van der Waals surface area contributed by atoms with E-state index in [4.69, 9.17) is 10.6 Å². The molecule has 0 aliphatic heterocycles. The molecule has 37 heavy (non-hydrogen) atoms. The number of nitriles is 1. The zero-order valence-corrected chi connectivity index (χ0v) is 21.9. The number of hydrogen-bond acceptors (Lipinski definition) is 8. The molecule has 2 aromatic carbocycles. The van der Waals surface area contributed by atoms with E-state index in [1.807, 2.05) is 42.5 Å². The summed E-state index contributed by atoms with van der Waals surface area (Å²) < 4.78 is 4.98. The number of nitrogens with two attached hydrogens (primary N) is 1. The molecular weight excluding hydrogens is 486 g/mol. The number of nitrogens with zero attached hydrogens (tertiary/aromatic N) is 3. The maximum Gasteiger partial charge on any atom is 0.327 e. The third kappa shape index (κ3) is 5.77. The Morgan fingerprint density at radius 3 is 2.68 bits per heavy atom. The normalized spacial score (nSPS) is 13.0. The second-order valence-electron chi connectivity index (χ2n) is 8.80. The van der Waals surface area contributed by atoms with Crippen LogP contribution in [0.25, 0.3) is 10.8 Å². The Morgan fingerprint density at radius 2 is 1.92 bits per heavy atom. The lowest BCUT2D eigenvalue weighted by Crippen LogP contribution is -2.38. The van der Waals surface area contributed by atoms with Gasteiger partial charge in [-0.05, 0) is 55.0 Å². The maximum absolute atomic E-state index is 14.2. The summed E-state index contributed by atoms with van der Waals surface area (Å²) in [6.07, 6.45) is 5.45. The Morgan fingerprint density at radius 1 is 1.16 bits per heavy atom. The zero-order chi connectivity index (χ0) is 26.4. The molecule has 8 nitrogen and oxygen atoms in total. The summed E-state index contributed by atoms with van der Waals surface area (Å²) in [6, 6.07) is 15.8. The van der Waals surface area contributed by atoms with Crippen molar-refractivity contribution in [3.63, 3.8) is 0 Å². The van der Waals surface area contributed by atoms with Crippen molar-refractivity contribution in [1.82, 2.24) is 10.3 Å². The molecule has 0 bridgehead atoms. The fourth-order valence-electron chi connectivity index (χ4n) is 4.61. The lowest BCUT2D eigenvalue weighted by molar-refractivity contribution is -0.143. The van der Waals surface area contributed by atoms with Gasteiger partial charge in [-0.1, -0.05) is 36.4 Å². The van der Waals surface area contributed by atoms with Crippen molar-refractivity contribution in [2.45, 2.75) is 32.6 Å². The molecule has 1 heterocycles. The summed E-state index contributed by atoms with van der Waals surface area (Å²) in [4.78, 5) is 28.9. The molecule has 1 aromatic heterocycles. The summed E-state index contributed by atoms with van der Waals surface area (Å²) in [7, 11) is 1.73. The predicted octanol–water partition coefficient (Wildman–Crippen LogP) is 4.10. The largest absolute Gasteiger partial charge is 0.465 e. The molecule has 0 saturated heterocycles. The van der Waals surface area contributed by atoms with Crippen molar-refractivity contribution in [3.05, 3.63) is 75.9 Å². The van der Waals surface area contributed by atoms with Gasteiger partial charge in [0.1, 0.15) is 17.6 Å². The molecule has 192 valence electrons. The number of rotatable bonds is 9. The summed E-state index contributed by atoms with van der Waals surface area (Å²) in [5.41, 5.74) is 2.79. The minimum atomic E-state index is -0.446. The number of benzene rings is 2. The molecule has 4 rings (SSSR count). The van der Waals surface area contributed by atoms with Crippen LogP contribution in [0.1, 0.15) is 46.1 Å². The monoisotopic (exact) mass is 517 g/mol. The van der Waals surface area contributed by atoms with Crippen LogP contribution in [-0.2, 0) is 22.4 Å². The highest BCUT2D eigenvalue weighted by Gasteiger charge is 2.29. The number of hydrogen-bond donors (Lipinski definition) is 2. The lowest BCUT2D eigenvalue weighted by atomic mass is 9.96. The number of amides is 1. The van der Waals surface area contributed by atoms with Crippen LogP contribution in [0.15, 0.2) is 54.4 Å². The Kier molecular flexibility index (Phi) is 8.43. The van der Waals surface area contributed by atoms with E-state index in [1.54, 1.807) is 25.1 Å². The van der Waals surface area contributed by atoms with E-state index < -0.39 is 5.97 Å². The lowest BCUT2D eigenvalue weighted by Gasteiger charge is -2.25. The molecule has 0 atom stereocenters. The van der Waals surface area contributed by atoms with Gasteiger partial charge < -0.3 is 15.1 Å². The third-order valence-electron chi connectivity index (χ3n) is 6.36. The van der Waals surface area contributed by atoms with Crippen molar-refractivity contribution in [2.24, 2.45) is 5.84 Å². The van der Waals surface area contributed by atoms with Gasteiger partial charge in [0, 0.05) is 29.4 Å². The summed E-state index contributed by atoms with van der Waals surface area (Å²) in [6.45, 7) is 2.01. The Bertz CT molecular complexity index is 1370. The number of thiophene rings is 1. The molecule has 1 amide bonds. The first-order valence-corrected chi connectivity index (χ1v) is 13.2. The third-order valence-corrected chi connectivity index (χ3v) is 7.68. The van der Waals surface area contributed by atoms with Crippen molar-refractivity contribution in [2.75, 3.05) is 31.6 Å². The minimum Gasteiger partial charge on any atom is -0.465 e. The van der Waals surface area contributed by atoms with E-state index in [0.717, 1.165) is 42.0 Å². The Balaban J connectivity index is 1.77. The molecule has 1 aliphatic rings. The number of hydrazine groups is 1. The van der Waals surface area contributed by atoms with Gasteiger partial charge in [-0.3, -0.25) is 14.5 Å². The highest BCUT2D eigenvalue weighted by atomic mass is 32.1. The second-order valence-corrected chi connectivity index (χ2v) is 9.89. The number of likely N-dealkylation sites (N-methyl/N-ethyl adjacent to an activating group) is 1. The molecule has 3 aromatic rings. The average molecular weight is 518 g/mol. The summed E-state index contributed by atoms with van der Waals surface area (Å²) in [5, 5.41) is 16.9. The minimum absolute atomic E-state index is 0.132. The van der Waals surface area contributed by atoms with Gasteiger partial charge >= 0.3 is 5.97 Å². The first-order chi connectivity index (χ1) is 18.0. The van der Waals surface area contributed by atoms with Gasteiger partial charge in [-0.15, -0.1) is 11.3 Å². The van der Waals surface area contributed by atoms with Crippen LogP contribution < -0.4 is 16.1 Å². The standard InChI is InChI=1S/C28H31N5O3S/c1-3-36-26(34)18-32(30)16-20(31-2)17-33(28-24(15-29)22-12-6-7-14-25(22)37-28)27(35)23-13-8-10-19-9-4-5-11-21(19)23/h4-5,8-11,13,16,31H,3,6-7,12,14,17-18,30H2,1-2H3/b20-16-. The first-order valence-electron chi connectivity index (χ1n) is 12.4. The molecule has 0 saturated carbocycles. The van der Waals surface area contributed by atoms with E-state index in [9.17, 15) is 14.9 Å². The molecule has 0 spiro atoms. The van der Waals surface area contributed by atoms with Gasteiger partial charge in [0.2, 0.25) is 0 Å². The van der Waals surface area contributed by atoms with Crippen LogP contribution in [0.3, 0.4) is 0 Å². The van der Waals surface area contributed by atoms with E-state index in [1.165, 1.54) is 21.2 Å². The number of ether oxygens (including phenoxy) is 1. The van der Waals surface area contributed by atoms with Gasteiger partial charge in [0.05, 0.1) is 18.7 Å². The fourth-order valence-corrected chi connectivity index (χ4v) is 5.94. The number of carbonyl (C=O) groups excluding carboxylic acids is 2. The average Bonchev–Trinajstić information content (AvgIpc) is 3.28. The van der Waals surface area contributed by atoms with Crippen LogP contribution >= 0.6 is 11.3 Å². The maximum atomic E-state index is 14.2. The number of carbonyl (C=O) groups is 2. The fraction of sp³-hybridized carbons (Fsp3) is 0.321. The van der Waals surface area contributed by atoms with E-state index in [0.29, 0.717) is 21.8 Å². The van der Waals surface area contributed by atoms with Gasteiger partial charge in [0.15, 0.2) is 0 Å². The van der Waals surface area contributed by atoms with Crippen molar-refractivity contribution in [3.8, 4) is 6.07 Å². The van der Waals surface area contributed by atoms with Crippen LogP contribution in [-0.4, -0.2) is 43.6 Å². The highest BCUT2D eigenvalue weighted by Crippen LogP contribution is 2.40. The molecule has 0 radical (unpaired) electrons. The quantitative estimate of drug-likeness (QED) is 0.250. The smallest absolute Gasteiger partial charge is 0.327 e. The molecule has 0 unspecified atom stereocenters. The summed E-state index contributed by atoms with van der Waals surface area (Å²) in [5.74, 6) is 5.40. The number of esters is 1. The van der Waals surface area contributed by atoms with Gasteiger partial charge in [-0.2, -0.15) is 5.26 Å². The molecular formula is C28H31N5O3S. The Labute approximate surface area is 220 Å². The van der Waals surface area contributed by atoms with Crippen molar-refractivity contribution >= 4 is 39.0 Å². The topological polar surface area (TPSA) is 112 Å². The van der Waals surface area contributed by atoms with Crippen LogP contribution in [0.4, 0.5) is 5.00 Å². The van der Waals surface area contributed by atoms with Gasteiger partial charge in [0.25, 0.3) is 5.91 Å². The highest BCUT2D eigenvalue weighted by molar-refractivity contribution is 7.16. The van der Waals surface area contributed by atoms with Crippen molar-refractivity contribution in [1.29, 1.82) is 5.26 Å². The number of anilines is 1. The second kappa shape index (κ2) is 11.9. The van der Waals surface area contributed by atoms with Crippen LogP contribution in [0, 0.1) is 11.3 Å². The SMILES string of the molecule is CCOC(=O)CN(N)/C=C(/CN(C(=O)c1cccc2ccccc12)c1sc2c(c1C#N)CCCC2)NC. The van der Waals surface area contributed by atoms with Crippen LogP contribution in [0.5, 0.6) is 0 Å². The number of nitrogens with one attached hydrogen (secondary N) is 1. The molecule has 9 heteroatoms. The molecule has 1 aliphatic carbocycles. The van der Waals surface area contributed by atoms with E-state index in [2.05, 4.69) is 11.4 Å². The van der Waals surface area contributed by atoms with Gasteiger partial charge in [-0.25, -0.2) is 5.84 Å². The van der Waals surface area contributed by atoms with Crippen LogP contribution in [0.2, 0.25) is 0 Å². The summed E-state index contributed by atoms with van der Waals surface area (Å²) >= 11 is 1.52. The predicted molar refractivity (Wildman–Crippen MR) is 146 cm³/mol. The first kappa shape index (κ1) is 26.2.